The molecule has 0 radical (unpaired) electrons. The highest BCUT2D eigenvalue weighted by molar-refractivity contribution is 5.77. The maximum atomic E-state index is 12.8. The van der Waals surface area contributed by atoms with Crippen LogP contribution >= 0.6 is 0 Å². The molecule has 9 nitrogen and oxygen atoms in total. The number of rotatable bonds is 6. The van der Waals surface area contributed by atoms with E-state index >= 15 is 0 Å². The molecule has 0 unspecified atom stereocenters. The van der Waals surface area contributed by atoms with Crippen molar-refractivity contribution < 1.29 is 14.7 Å². The van der Waals surface area contributed by atoms with Gasteiger partial charge in [-0.25, -0.2) is 4.98 Å². The van der Waals surface area contributed by atoms with Gasteiger partial charge in [-0.1, -0.05) is 37.3 Å². The lowest BCUT2D eigenvalue weighted by atomic mass is 9.73. The first-order valence-corrected chi connectivity index (χ1v) is 12.8. The summed E-state index contributed by atoms with van der Waals surface area (Å²) in [6.45, 7) is 7.90. The zero-order valence-corrected chi connectivity index (χ0v) is 21.1. The summed E-state index contributed by atoms with van der Waals surface area (Å²) in [5.41, 5.74) is 0.0525. The molecule has 1 N–H and O–H groups in total. The largest absolute Gasteiger partial charge is 0.388 e. The predicted octanol–water partition coefficient (Wildman–Crippen LogP) is 1.46. The molecule has 1 atom stereocenters. The van der Waals surface area contributed by atoms with Crippen LogP contribution < -0.4 is 10.5 Å². The molecule has 1 aromatic heterocycles. The molecule has 192 valence electrons. The summed E-state index contributed by atoms with van der Waals surface area (Å²) >= 11 is 0. The molecule has 2 amide bonds. The number of piperidine rings is 1. The van der Waals surface area contributed by atoms with E-state index in [1.54, 1.807) is 6.92 Å². The minimum Gasteiger partial charge on any atom is -0.388 e. The van der Waals surface area contributed by atoms with Crippen molar-refractivity contribution >= 4 is 17.6 Å². The van der Waals surface area contributed by atoms with Gasteiger partial charge < -0.3 is 19.8 Å². The molecule has 36 heavy (non-hydrogen) atoms. The Morgan fingerprint density at radius 1 is 1.06 bits per heavy atom. The molecule has 3 aliphatic rings. The molecule has 4 heterocycles. The topological polar surface area (TPSA) is 99.0 Å². The van der Waals surface area contributed by atoms with E-state index in [-0.39, 0.29) is 35.3 Å². The first-order valence-electron chi connectivity index (χ1n) is 12.8. The van der Waals surface area contributed by atoms with Gasteiger partial charge in [0.1, 0.15) is 5.82 Å². The van der Waals surface area contributed by atoms with Crippen LogP contribution in [0.15, 0.2) is 47.5 Å². The number of anilines is 1. The Hall–Kier alpha value is -3.20. The molecule has 0 bridgehead atoms. The summed E-state index contributed by atoms with van der Waals surface area (Å²) in [6.07, 6.45) is 2.81. The van der Waals surface area contributed by atoms with Gasteiger partial charge in [-0.05, 0) is 24.3 Å². The first-order chi connectivity index (χ1) is 17.2. The third-order valence-electron chi connectivity index (χ3n) is 8.10. The molecule has 0 saturated carbocycles. The second-order valence-corrected chi connectivity index (χ2v) is 11.1. The molecule has 1 aromatic carbocycles. The van der Waals surface area contributed by atoms with E-state index in [2.05, 4.69) is 16.8 Å². The molecule has 3 saturated heterocycles. The van der Waals surface area contributed by atoms with E-state index in [0.717, 1.165) is 31.7 Å². The van der Waals surface area contributed by atoms with Crippen LogP contribution in [-0.2, 0) is 16.1 Å². The Morgan fingerprint density at radius 2 is 1.72 bits per heavy atom. The Kier molecular flexibility index (Phi) is 6.36. The summed E-state index contributed by atoms with van der Waals surface area (Å²) in [7, 11) is 0. The second kappa shape index (κ2) is 9.35. The first kappa shape index (κ1) is 24.5. The normalized spacial score (nSPS) is 21.0. The van der Waals surface area contributed by atoms with Crippen molar-refractivity contribution in [2.24, 2.45) is 5.41 Å². The van der Waals surface area contributed by atoms with Crippen molar-refractivity contribution in [2.45, 2.75) is 51.2 Å². The smallest absolute Gasteiger partial charge is 0.255 e. The van der Waals surface area contributed by atoms with Gasteiger partial charge in [0.2, 0.25) is 11.8 Å². The molecular formula is C27H35N5O4. The lowest BCUT2D eigenvalue weighted by Crippen LogP contribution is -2.73. The minimum atomic E-state index is -1.04. The monoisotopic (exact) mass is 493 g/mol. The van der Waals surface area contributed by atoms with Crippen molar-refractivity contribution in [1.29, 1.82) is 0 Å². The van der Waals surface area contributed by atoms with Gasteiger partial charge in [-0.3, -0.25) is 19.0 Å². The van der Waals surface area contributed by atoms with Gasteiger partial charge in [0.15, 0.2) is 0 Å². The highest BCUT2D eigenvalue weighted by Crippen LogP contribution is 2.41. The second-order valence-electron chi connectivity index (χ2n) is 11.1. The van der Waals surface area contributed by atoms with Crippen LogP contribution in [0.3, 0.4) is 0 Å². The Bertz CT molecular complexity index is 1170. The lowest BCUT2D eigenvalue weighted by molar-refractivity contribution is -0.142. The molecule has 2 aromatic rings. The molecule has 1 spiro atoms. The number of carbonyl (C=O) groups is 2. The van der Waals surface area contributed by atoms with Crippen molar-refractivity contribution in [1.82, 2.24) is 19.4 Å². The van der Waals surface area contributed by atoms with Crippen LogP contribution in [0.25, 0.3) is 0 Å². The zero-order valence-electron chi connectivity index (χ0n) is 21.1. The number of likely N-dealkylation sites (tertiary alicyclic amines) is 2. The van der Waals surface area contributed by atoms with Crippen molar-refractivity contribution in [3.05, 3.63) is 58.6 Å². The van der Waals surface area contributed by atoms with E-state index < -0.39 is 5.60 Å². The SMILES string of the molecule is CC(=O)N1CC2(C1)CN(c1cc(=O)n(CC3(O)CCN(C(=O)C[C@@H](C)c4ccccc4)CC3)cn1)C2. The number of carbonyl (C=O) groups excluding carboxylic acids is 2. The fourth-order valence-electron chi connectivity index (χ4n) is 5.76. The van der Waals surface area contributed by atoms with Crippen LogP contribution in [0.2, 0.25) is 0 Å². The van der Waals surface area contributed by atoms with E-state index in [0.29, 0.717) is 38.2 Å². The number of aliphatic hydroxyl groups is 1. The summed E-state index contributed by atoms with van der Waals surface area (Å²) < 4.78 is 1.47. The van der Waals surface area contributed by atoms with Gasteiger partial charge in [-0.2, -0.15) is 0 Å². The average molecular weight is 494 g/mol. The summed E-state index contributed by atoms with van der Waals surface area (Å²) in [5.74, 6) is 0.987. The van der Waals surface area contributed by atoms with Crippen LogP contribution in [0.4, 0.5) is 5.82 Å². The number of hydrogen-bond donors (Lipinski definition) is 1. The molecule has 3 aliphatic heterocycles. The third kappa shape index (κ3) is 4.89. The van der Waals surface area contributed by atoms with Crippen molar-refractivity contribution in [3.8, 4) is 0 Å². The summed E-state index contributed by atoms with van der Waals surface area (Å²) in [6, 6.07) is 11.5. The van der Waals surface area contributed by atoms with E-state index in [4.69, 9.17) is 0 Å². The number of nitrogens with zero attached hydrogens (tertiary/aromatic N) is 5. The summed E-state index contributed by atoms with van der Waals surface area (Å²) in [4.78, 5) is 47.2. The van der Waals surface area contributed by atoms with Crippen LogP contribution in [0.1, 0.15) is 44.6 Å². The minimum absolute atomic E-state index is 0.0989. The van der Waals surface area contributed by atoms with Crippen molar-refractivity contribution in [3.63, 3.8) is 0 Å². The quantitative estimate of drug-likeness (QED) is 0.654. The third-order valence-corrected chi connectivity index (χ3v) is 8.10. The number of hydrogen-bond acceptors (Lipinski definition) is 6. The molecule has 9 heteroatoms. The molecule has 0 aliphatic carbocycles. The highest BCUT2D eigenvalue weighted by Gasteiger charge is 2.53. The van der Waals surface area contributed by atoms with Crippen LogP contribution in [-0.4, -0.2) is 81.1 Å². The molecular weight excluding hydrogens is 458 g/mol. The maximum Gasteiger partial charge on any atom is 0.255 e. The number of amides is 2. The Labute approximate surface area is 211 Å². The van der Waals surface area contributed by atoms with Gasteiger partial charge >= 0.3 is 0 Å². The maximum absolute atomic E-state index is 12.8. The summed E-state index contributed by atoms with van der Waals surface area (Å²) in [5, 5.41) is 11.2. The Balaban J connectivity index is 1.12. The van der Waals surface area contributed by atoms with Crippen LogP contribution in [0.5, 0.6) is 0 Å². The zero-order chi connectivity index (χ0) is 25.5. The van der Waals surface area contributed by atoms with Crippen LogP contribution in [0, 0.1) is 5.41 Å². The van der Waals surface area contributed by atoms with E-state index in [1.807, 2.05) is 40.1 Å². The molecule has 5 rings (SSSR count). The van der Waals surface area contributed by atoms with Crippen molar-refractivity contribution in [2.75, 3.05) is 44.2 Å². The molecule has 3 fully saturated rings. The van der Waals surface area contributed by atoms with Gasteiger partial charge in [0, 0.05) is 64.1 Å². The van der Waals surface area contributed by atoms with Gasteiger partial charge in [-0.15, -0.1) is 0 Å². The predicted molar refractivity (Wildman–Crippen MR) is 136 cm³/mol. The lowest BCUT2D eigenvalue weighted by Gasteiger charge is -2.60. The Morgan fingerprint density at radius 3 is 2.33 bits per heavy atom. The van der Waals surface area contributed by atoms with Gasteiger partial charge in [0.05, 0.1) is 18.5 Å². The number of aromatic nitrogens is 2. The highest BCUT2D eigenvalue weighted by atomic mass is 16.3. The van der Waals surface area contributed by atoms with E-state index in [1.165, 1.54) is 17.0 Å². The van der Waals surface area contributed by atoms with Gasteiger partial charge in [0.25, 0.3) is 5.56 Å². The average Bonchev–Trinajstić information content (AvgIpc) is 2.79. The standard InChI is InChI=1S/C27H35N5O4/c1-20(22-6-4-3-5-7-22)12-24(34)29-10-8-27(36,9-11-29)18-32-19-28-23(13-25(32)35)31-16-26(17-31)14-30(15-26)21(2)33/h3-7,13,19-20,36H,8-12,14-18H2,1-2H3/t20-/m1/s1. The fourth-order valence-corrected chi connectivity index (χ4v) is 5.76. The van der Waals surface area contributed by atoms with E-state index in [9.17, 15) is 19.5 Å². The fraction of sp³-hybridized carbons (Fsp3) is 0.556. The number of benzene rings is 1.